The van der Waals surface area contributed by atoms with Crippen molar-refractivity contribution >= 4 is 35.0 Å². The quantitative estimate of drug-likeness (QED) is 0.634. The van der Waals surface area contributed by atoms with E-state index in [1.165, 1.54) is 0 Å². The van der Waals surface area contributed by atoms with Gasteiger partial charge in [-0.05, 0) is 20.8 Å². The highest BCUT2D eigenvalue weighted by molar-refractivity contribution is 6.39. The number of carbonyl (C=O) groups excluding carboxylic acids is 1. The van der Waals surface area contributed by atoms with Gasteiger partial charge in [-0.3, -0.25) is 5.32 Å². The minimum Gasteiger partial charge on any atom is -0.619 e. The number of ether oxygens (including phenoxy) is 1. The third-order valence-corrected chi connectivity index (χ3v) is 2.16. The van der Waals surface area contributed by atoms with Crippen LogP contribution in [0.3, 0.4) is 0 Å². The van der Waals surface area contributed by atoms with Gasteiger partial charge in [0.15, 0.2) is 0 Å². The Morgan fingerprint density at radius 1 is 1.35 bits per heavy atom. The second kappa shape index (κ2) is 4.98. The van der Waals surface area contributed by atoms with Crippen molar-refractivity contribution in [2.45, 2.75) is 26.4 Å². The van der Waals surface area contributed by atoms with Crippen LogP contribution < -0.4 is 10.0 Å². The van der Waals surface area contributed by atoms with E-state index in [-0.39, 0.29) is 15.7 Å². The summed E-state index contributed by atoms with van der Waals surface area (Å²) in [5, 5.41) is 13.4. The first-order valence-corrected chi connectivity index (χ1v) is 5.52. The van der Waals surface area contributed by atoms with Gasteiger partial charge >= 0.3 is 6.09 Å². The van der Waals surface area contributed by atoms with Crippen LogP contribution in [0.1, 0.15) is 20.8 Å². The summed E-state index contributed by atoms with van der Waals surface area (Å²) in [6.07, 6.45) is 1.48. The Hall–Kier alpha value is -1.20. The van der Waals surface area contributed by atoms with Crippen molar-refractivity contribution in [1.29, 1.82) is 0 Å². The third kappa shape index (κ3) is 4.28. The van der Waals surface area contributed by atoms with E-state index in [9.17, 15) is 10.0 Å². The van der Waals surface area contributed by atoms with Crippen LogP contribution in [0, 0.1) is 5.21 Å². The van der Waals surface area contributed by atoms with Crippen LogP contribution in [0.2, 0.25) is 10.0 Å². The predicted molar refractivity (Wildman–Crippen MR) is 65.3 cm³/mol. The van der Waals surface area contributed by atoms with Gasteiger partial charge in [-0.2, -0.15) is 4.73 Å². The van der Waals surface area contributed by atoms with Gasteiger partial charge in [0.05, 0.1) is 5.69 Å². The number of halogens is 2. The molecule has 0 aromatic carbocycles. The van der Waals surface area contributed by atoms with E-state index in [4.69, 9.17) is 27.9 Å². The number of nitrogens with one attached hydrogen (secondary N) is 1. The van der Waals surface area contributed by atoms with Gasteiger partial charge in [0, 0.05) is 0 Å². The Morgan fingerprint density at radius 2 is 1.82 bits per heavy atom. The Morgan fingerprint density at radius 3 is 2.24 bits per heavy atom. The Kier molecular flexibility index (Phi) is 4.06. The van der Waals surface area contributed by atoms with Crippen LogP contribution in [-0.2, 0) is 4.74 Å². The summed E-state index contributed by atoms with van der Waals surface area (Å²) < 4.78 is 5.48. The molecular weight excluding hydrogens is 267 g/mol. The van der Waals surface area contributed by atoms with Gasteiger partial charge < -0.3 is 9.94 Å². The lowest BCUT2D eigenvalue weighted by molar-refractivity contribution is -0.605. The zero-order valence-corrected chi connectivity index (χ0v) is 11.1. The minimum atomic E-state index is -0.690. The molecule has 7 heteroatoms. The van der Waals surface area contributed by atoms with Crippen molar-refractivity contribution in [1.82, 2.24) is 0 Å². The second-order valence-electron chi connectivity index (χ2n) is 4.32. The smallest absolute Gasteiger partial charge is 0.412 e. The number of aromatic nitrogens is 1. The Labute approximate surface area is 109 Å². The van der Waals surface area contributed by atoms with Gasteiger partial charge in [-0.25, -0.2) is 4.79 Å². The molecule has 0 aliphatic carbocycles. The maximum atomic E-state index is 11.5. The van der Waals surface area contributed by atoms with Crippen molar-refractivity contribution in [3.05, 3.63) is 27.6 Å². The minimum absolute atomic E-state index is 0.0401. The fourth-order valence-corrected chi connectivity index (χ4v) is 1.57. The molecule has 0 unspecified atom stereocenters. The van der Waals surface area contributed by atoms with E-state index >= 15 is 0 Å². The largest absolute Gasteiger partial charge is 0.619 e. The lowest BCUT2D eigenvalue weighted by Gasteiger charge is -2.20. The molecule has 94 valence electrons. The molecule has 0 spiro atoms. The molecule has 1 N–H and O–H groups in total. The fraction of sp³-hybridized carbons (Fsp3) is 0.400. The van der Waals surface area contributed by atoms with Gasteiger partial charge in [-0.15, -0.1) is 0 Å². The monoisotopic (exact) mass is 278 g/mol. The standard InChI is InChI=1S/C10H12Cl2N2O3/c1-10(2,3)17-9(15)13-8-6(11)4-14(16)5-7(8)12/h4-5H,1-3H3,(H,13,15). The number of hydrogen-bond donors (Lipinski definition) is 1. The van der Waals surface area contributed by atoms with E-state index in [1.807, 2.05) is 0 Å². The highest BCUT2D eigenvalue weighted by Crippen LogP contribution is 2.28. The second-order valence-corrected chi connectivity index (χ2v) is 5.13. The number of rotatable bonds is 1. The topological polar surface area (TPSA) is 65.3 Å². The summed E-state index contributed by atoms with van der Waals surface area (Å²) in [5.41, 5.74) is -0.481. The molecule has 0 atom stereocenters. The zero-order chi connectivity index (χ0) is 13.2. The van der Waals surface area contributed by atoms with E-state index < -0.39 is 11.7 Å². The van der Waals surface area contributed by atoms with E-state index in [2.05, 4.69) is 5.32 Å². The number of hydrogen-bond acceptors (Lipinski definition) is 3. The molecule has 0 radical (unpaired) electrons. The van der Waals surface area contributed by atoms with Gasteiger partial charge in [0.25, 0.3) is 0 Å². The van der Waals surface area contributed by atoms with Crippen LogP contribution >= 0.6 is 23.2 Å². The average Bonchev–Trinajstić information content (AvgIpc) is 2.08. The molecule has 5 nitrogen and oxygen atoms in total. The third-order valence-electron chi connectivity index (χ3n) is 1.58. The normalized spacial score (nSPS) is 11.1. The molecule has 1 amide bonds. The molecule has 1 aromatic heterocycles. The molecule has 0 fully saturated rings. The first-order chi connectivity index (χ1) is 7.69. The lowest BCUT2D eigenvalue weighted by Crippen LogP contribution is -2.29. The summed E-state index contributed by atoms with van der Waals surface area (Å²) in [4.78, 5) is 11.5. The summed E-state index contributed by atoms with van der Waals surface area (Å²) in [5.74, 6) is 0. The first-order valence-electron chi connectivity index (χ1n) is 4.77. The molecule has 0 bridgehead atoms. The van der Waals surface area contributed by atoms with Crippen LogP contribution in [0.4, 0.5) is 10.5 Å². The molecule has 0 aliphatic rings. The highest BCUT2D eigenvalue weighted by Gasteiger charge is 2.19. The molecule has 0 saturated carbocycles. The van der Waals surface area contributed by atoms with E-state index in [0.29, 0.717) is 4.73 Å². The van der Waals surface area contributed by atoms with Crippen LogP contribution in [-0.4, -0.2) is 11.7 Å². The van der Waals surface area contributed by atoms with Crippen molar-refractivity contribution in [3.63, 3.8) is 0 Å². The molecule has 1 rings (SSSR count). The summed E-state index contributed by atoms with van der Waals surface area (Å²) >= 11 is 11.5. The number of amides is 1. The van der Waals surface area contributed by atoms with Crippen LogP contribution in [0.25, 0.3) is 0 Å². The van der Waals surface area contributed by atoms with Gasteiger partial charge in [0.1, 0.15) is 15.6 Å². The van der Waals surface area contributed by atoms with E-state index in [1.54, 1.807) is 20.8 Å². The summed E-state index contributed by atoms with van der Waals surface area (Å²) in [6.45, 7) is 5.19. The van der Waals surface area contributed by atoms with Crippen LogP contribution in [0.5, 0.6) is 0 Å². The maximum Gasteiger partial charge on any atom is 0.412 e. The van der Waals surface area contributed by atoms with Crippen LogP contribution in [0.15, 0.2) is 12.4 Å². The number of anilines is 1. The van der Waals surface area contributed by atoms with Crippen molar-refractivity contribution in [2.24, 2.45) is 0 Å². The Bertz CT molecular complexity index is 421. The summed E-state index contributed by atoms with van der Waals surface area (Å²) in [6, 6.07) is 0. The highest BCUT2D eigenvalue weighted by atomic mass is 35.5. The predicted octanol–water partition coefficient (Wildman–Crippen LogP) is 2.97. The van der Waals surface area contributed by atoms with Gasteiger partial charge in [-0.1, -0.05) is 23.2 Å². The first kappa shape index (κ1) is 13.9. The van der Waals surface area contributed by atoms with Crippen molar-refractivity contribution in [2.75, 3.05) is 5.32 Å². The van der Waals surface area contributed by atoms with Gasteiger partial charge in [0.2, 0.25) is 12.4 Å². The molecule has 1 aromatic rings. The van der Waals surface area contributed by atoms with Crippen molar-refractivity contribution < 1.29 is 14.3 Å². The van der Waals surface area contributed by atoms with E-state index in [0.717, 1.165) is 12.4 Å². The number of nitrogens with zero attached hydrogens (tertiary/aromatic N) is 1. The average molecular weight is 279 g/mol. The molecule has 1 heterocycles. The number of carbonyl (C=O) groups is 1. The molecule has 0 saturated heterocycles. The molecule has 0 aliphatic heterocycles. The van der Waals surface area contributed by atoms with Crippen molar-refractivity contribution in [3.8, 4) is 0 Å². The zero-order valence-electron chi connectivity index (χ0n) is 9.58. The lowest BCUT2D eigenvalue weighted by atomic mass is 10.2. The molecule has 17 heavy (non-hydrogen) atoms. The SMILES string of the molecule is CC(C)(C)OC(=O)Nc1c(Cl)c[n+]([O-])cc1Cl. The Balaban J connectivity index is 2.86. The number of pyridine rings is 1. The fourth-order valence-electron chi connectivity index (χ4n) is 1.03. The molecular formula is C10H12Cl2N2O3. The summed E-state index contributed by atoms with van der Waals surface area (Å²) in [7, 11) is 0. The maximum absolute atomic E-state index is 11.5.